The van der Waals surface area contributed by atoms with Crippen molar-refractivity contribution in [3.63, 3.8) is 0 Å². The third kappa shape index (κ3) is 36.1. The van der Waals surface area contributed by atoms with E-state index in [0.717, 1.165) is 70.6 Å². The van der Waals surface area contributed by atoms with E-state index in [4.69, 9.17) is 4.74 Å². The molecule has 6 nitrogen and oxygen atoms in total. The van der Waals surface area contributed by atoms with Crippen LogP contribution in [0.5, 0.6) is 0 Å². The Hall–Kier alpha value is -2.70. The summed E-state index contributed by atoms with van der Waals surface area (Å²) in [5.41, 5.74) is 0. The van der Waals surface area contributed by atoms with Crippen LogP contribution in [0.4, 0.5) is 0 Å². The number of aliphatic hydroxyl groups is 2. The molecule has 0 aliphatic rings. The lowest BCUT2D eigenvalue weighted by atomic mass is 10.0. The van der Waals surface area contributed by atoms with Crippen molar-refractivity contribution in [2.24, 2.45) is 0 Å². The Morgan fingerprint density at radius 3 is 1.53 bits per heavy atom. The number of allylic oxidation sites excluding steroid dienone is 12. The van der Waals surface area contributed by atoms with Crippen LogP contribution >= 0.6 is 0 Å². The van der Waals surface area contributed by atoms with Crippen molar-refractivity contribution in [2.45, 2.75) is 206 Å². The van der Waals surface area contributed by atoms with Crippen LogP contribution in [0.15, 0.2) is 72.9 Å². The number of rotatable bonds is 37. The molecule has 0 radical (unpaired) electrons. The molecule has 0 rings (SSSR count). The molecule has 0 aromatic heterocycles. The van der Waals surface area contributed by atoms with Gasteiger partial charge in [-0.25, -0.2) is 0 Å². The Kier molecular flexibility index (Phi) is 38.4. The summed E-state index contributed by atoms with van der Waals surface area (Å²) in [6.07, 6.45) is 49.7. The average Bonchev–Trinajstić information content (AvgIpc) is 3.15. The summed E-state index contributed by atoms with van der Waals surface area (Å²) >= 11 is 0. The van der Waals surface area contributed by atoms with Crippen LogP contribution in [0.1, 0.15) is 188 Å². The van der Waals surface area contributed by atoms with E-state index in [0.29, 0.717) is 19.3 Å². The molecule has 0 aliphatic heterocycles. The number of hydrogen-bond donors (Lipinski definition) is 3. The van der Waals surface area contributed by atoms with Crippen molar-refractivity contribution in [3.05, 3.63) is 72.9 Å². The molecule has 0 saturated carbocycles. The minimum atomic E-state index is -0.793. The summed E-state index contributed by atoms with van der Waals surface area (Å²) in [6, 6.07) is -0.709. The number of nitrogens with one attached hydrogen (secondary N) is 1. The number of carbonyl (C=O) groups excluding carboxylic acids is 2. The number of aliphatic hydroxyl groups excluding tert-OH is 2. The van der Waals surface area contributed by atoms with E-state index >= 15 is 0 Å². The first-order valence-corrected chi connectivity index (χ1v) is 21.7. The van der Waals surface area contributed by atoms with Crippen LogP contribution in [-0.2, 0) is 14.3 Å². The van der Waals surface area contributed by atoms with Gasteiger partial charge in [0.1, 0.15) is 6.10 Å². The topological polar surface area (TPSA) is 95.9 Å². The molecule has 0 spiro atoms. The van der Waals surface area contributed by atoms with Gasteiger partial charge in [0.15, 0.2) is 0 Å². The Labute approximate surface area is 326 Å². The van der Waals surface area contributed by atoms with Gasteiger partial charge in [0, 0.05) is 6.42 Å². The van der Waals surface area contributed by atoms with Gasteiger partial charge in [0.2, 0.25) is 5.91 Å². The van der Waals surface area contributed by atoms with Crippen molar-refractivity contribution in [3.8, 4) is 0 Å². The fourth-order valence-electron chi connectivity index (χ4n) is 6.17. The normalized spacial score (nSPS) is 14.1. The number of carbonyl (C=O) groups is 2. The van der Waals surface area contributed by atoms with Crippen LogP contribution < -0.4 is 5.32 Å². The highest BCUT2D eigenvalue weighted by Crippen LogP contribution is 2.17. The standard InChI is InChI=1S/C47H81NO5/c1-4-7-10-13-16-18-20-21-22-23-24-25-26-28-31-34-37-40-47(52)53-43(38-35-32-29-15-12-9-6-3)41-46(51)48-44(42-49)45(50)39-36-33-30-27-19-17-14-11-8-5-2/h7,10,13,16,18,20-26,43-45,49-50H,4-6,8-9,11-12,14-15,17,19,27-42H2,1-3H3,(H,48,51)/b10-7-,16-13+,20-18+,22-21-,24-23+,26-25+. The Morgan fingerprint density at radius 1 is 0.566 bits per heavy atom. The highest BCUT2D eigenvalue weighted by Gasteiger charge is 2.24. The van der Waals surface area contributed by atoms with Crippen molar-refractivity contribution in [2.75, 3.05) is 6.61 Å². The van der Waals surface area contributed by atoms with Gasteiger partial charge in [0.25, 0.3) is 0 Å². The Bertz CT molecular complexity index is 1010. The number of esters is 1. The van der Waals surface area contributed by atoms with E-state index in [1.54, 1.807) is 0 Å². The summed E-state index contributed by atoms with van der Waals surface area (Å²) in [5.74, 6) is -0.537. The quantitative estimate of drug-likeness (QED) is 0.0335. The fraction of sp³-hybridized carbons (Fsp3) is 0.702. The molecule has 304 valence electrons. The van der Waals surface area contributed by atoms with Crippen LogP contribution in [0.2, 0.25) is 0 Å². The monoisotopic (exact) mass is 740 g/mol. The lowest BCUT2D eigenvalue weighted by molar-refractivity contribution is -0.151. The van der Waals surface area contributed by atoms with E-state index < -0.39 is 18.2 Å². The van der Waals surface area contributed by atoms with Gasteiger partial charge in [-0.3, -0.25) is 9.59 Å². The number of hydrogen-bond acceptors (Lipinski definition) is 5. The van der Waals surface area contributed by atoms with Gasteiger partial charge in [-0.2, -0.15) is 0 Å². The maximum absolute atomic E-state index is 13.0. The molecule has 6 heteroatoms. The molecular weight excluding hydrogens is 659 g/mol. The number of unbranched alkanes of at least 4 members (excludes halogenated alkanes) is 18. The molecule has 0 fully saturated rings. The molecule has 0 aromatic carbocycles. The van der Waals surface area contributed by atoms with Crippen molar-refractivity contribution < 1.29 is 24.5 Å². The Morgan fingerprint density at radius 2 is 1.02 bits per heavy atom. The van der Waals surface area contributed by atoms with E-state index in [1.165, 1.54) is 70.6 Å². The van der Waals surface area contributed by atoms with Gasteiger partial charge in [-0.1, -0.05) is 203 Å². The first-order chi connectivity index (χ1) is 26.0. The fourth-order valence-corrected chi connectivity index (χ4v) is 6.17. The first kappa shape index (κ1) is 50.3. The van der Waals surface area contributed by atoms with E-state index in [-0.39, 0.29) is 24.9 Å². The van der Waals surface area contributed by atoms with Gasteiger partial charge in [0.05, 0.1) is 25.2 Å². The highest BCUT2D eigenvalue weighted by molar-refractivity contribution is 5.77. The summed E-state index contributed by atoms with van der Waals surface area (Å²) in [5, 5.41) is 23.5. The van der Waals surface area contributed by atoms with Crippen LogP contribution in [0, 0.1) is 0 Å². The zero-order chi connectivity index (χ0) is 38.9. The smallest absolute Gasteiger partial charge is 0.306 e. The van der Waals surface area contributed by atoms with Crippen molar-refractivity contribution >= 4 is 11.9 Å². The predicted octanol–water partition coefficient (Wildman–Crippen LogP) is 12.3. The lowest BCUT2D eigenvalue weighted by Crippen LogP contribution is -2.46. The zero-order valence-electron chi connectivity index (χ0n) is 34.4. The maximum Gasteiger partial charge on any atom is 0.306 e. The minimum Gasteiger partial charge on any atom is -0.462 e. The second-order valence-electron chi connectivity index (χ2n) is 14.5. The molecule has 1 amide bonds. The summed E-state index contributed by atoms with van der Waals surface area (Å²) < 4.78 is 5.84. The van der Waals surface area contributed by atoms with E-state index in [9.17, 15) is 19.8 Å². The minimum absolute atomic E-state index is 0.0561. The molecule has 53 heavy (non-hydrogen) atoms. The van der Waals surface area contributed by atoms with E-state index in [1.807, 2.05) is 54.7 Å². The summed E-state index contributed by atoms with van der Waals surface area (Å²) in [6.45, 7) is 6.25. The van der Waals surface area contributed by atoms with Gasteiger partial charge >= 0.3 is 5.97 Å². The molecular formula is C47H81NO5. The summed E-state index contributed by atoms with van der Waals surface area (Å²) in [4.78, 5) is 25.8. The summed E-state index contributed by atoms with van der Waals surface area (Å²) in [7, 11) is 0. The maximum atomic E-state index is 13.0. The first-order valence-electron chi connectivity index (χ1n) is 21.7. The molecule has 0 bridgehead atoms. The molecule has 0 aromatic rings. The van der Waals surface area contributed by atoms with Gasteiger partial charge in [-0.05, 0) is 44.9 Å². The van der Waals surface area contributed by atoms with E-state index in [2.05, 4.69) is 44.3 Å². The van der Waals surface area contributed by atoms with Crippen LogP contribution in [0.3, 0.4) is 0 Å². The number of amides is 1. The Balaban J connectivity index is 4.57. The van der Waals surface area contributed by atoms with Crippen LogP contribution in [-0.4, -0.2) is 46.9 Å². The zero-order valence-corrected chi connectivity index (χ0v) is 34.4. The molecule has 0 saturated heterocycles. The van der Waals surface area contributed by atoms with Crippen molar-refractivity contribution in [1.82, 2.24) is 5.32 Å². The third-order valence-electron chi connectivity index (χ3n) is 9.46. The molecule has 0 aliphatic carbocycles. The second-order valence-corrected chi connectivity index (χ2v) is 14.5. The molecule has 3 N–H and O–H groups in total. The van der Waals surface area contributed by atoms with Crippen molar-refractivity contribution in [1.29, 1.82) is 0 Å². The SMILES string of the molecule is CC\C=C/C=C/C=C/C=C\C=C\C=C\CCCCCC(=O)OC(CCCCCCCCC)CC(=O)NC(CO)C(O)CCCCCCCCCCCC. The third-order valence-corrected chi connectivity index (χ3v) is 9.46. The largest absolute Gasteiger partial charge is 0.462 e. The lowest BCUT2D eigenvalue weighted by Gasteiger charge is -2.24. The molecule has 3 atom stereocenters. The molecule has 0 heterocycles. The second kappa shape index (κ2) is 40.5. The van der Waals surface area contributed by atoms with Gasteiger partial charge < -0.3 is 20.3 Å². The predicted molar refractivity (Wildman–Crippen MR) is 227 cm³/mol. The molecule has 3 unspecified atom stereocenters. The van der Waals surface area contributed by atoms with Gasteiger partial charge in [-0.15, -0.1) is 0 Å². The number of ether oxygens (including phenoxy) is 1. The highest BCUT2D eigenvalue weighted by atomic mass is 16.5. The average molecular weight is 740 g/mol. The van der Waals surface area contributed by atoms with Crippen LogP contribution in [0.25, 0.3) is 0 Å².